The first kappa shape index (κ1) is 24.7. The van der Waals surface area contributed by atoms with Gasteiger partial charge in [-0.05, 0) is 57.5 Å². The van der Waals surface area contributed by atoms with Crippen LogP contribution in [-0.2, 0) is 21.6 Å². The van der Waals surface area contributed by atoms with Crippen LogP contribution in [0.3, 0.4) is 0 Å². The molecule has 3 aromatic carbocycles. The summed E-state index contributed by atoms with van der Waals surface area (Å²) in [4.78, 5) is 15.7. The van der Waals surface area contributed by atoms with E-state index in [9.17, 15) is 4.79 Å². The predicted octanol–water partition coefficient (Wildman–Crippen LogP) is 6.73. The molecule has 4 aromatic rings. The Labute approximate surface area is 218 Å². The summed E-state index contributed by atoms with van der Waals surface area (Å²) in [5.41, 5.74) is 6.79. The highest BCUT2D eigenvalue weighted by atomic mass is 16.6. The van der Waals surface area contributed by atoms with Gasteiger partial charge in [0.15, 0.2) is 5.60 Å². The lowest BCUT2D eigenvalue weighted by atomic mass is 9.77. The number of aromatic nitrogens is 1. The molecule has 1 unspecified atom stereocenters. The van der Waals surface area contributed by atoms with Crippen LogP contribution in [0.25, 0.3) is 10.9 Å². The van der Waals surface area contributed by atoms with Crippen molar-refractivity contribution in [3.63, 3.8) is 0 Å². The number of para-hydroxylation sites is 1. The van der Waals surface area contributed by atoms with Crippen LogP contribution in [0.15, 0.2) is 79.6 Å². The van der Waals surface area contributed by atoms with Crippen molar-refractivity contribution in [3.05, 3.63) is 113 Å². The second-order valence-electron chi connectivity index (χ2n) is 9.45. The van der Waals surface area contributed by atoms with Crippen molar-refractivity contribution in [1.29, 1.82) is 0 Å². The van der Waals surface area contributed by atoms with E-state index in [0.717, 1.165) is 51.9 Å². The first-order valence-electron chi connectivity index (χ1n) is 13.0. The normalized spacial score (nSPS) is 16.5. The second kappa shape index (κ2) is 9.81. The van der Waals surface area contributed by atoms with E-state index >= 15 is 0 Å². The Kier molecular flexibility index (Phi) is 6.55. The lowest BCUT2D eigenvalue weighted by molar-refractivity contribution is 0.0252. The number of nitrogens with zero attached hydrogens (tertiary/aromatic N) is 2. The largest absolute Gasteiger partial charge is 0.500 e. The molecule has 0 N–H and O–H groups in total. The predicted molar refractivity (Wildman–Crippen MR) is 149 cm³/mol. The lowest BCUT2D eigenvalue weighted by Crippen LogP contribution is -2.32. The van der Waals surface area contributed by atoms with Gasteiger partial charge >= 0.3 is 5.97 Å². The Bertz CT molecular complexity index is 1480. The second-order valence-corrected chi connectivity index (χ2v) is 9.45. The Morgan fingerprint density at radius 1 is 1.00 bits per heavy atom. The quantitative estimate of drug-likeness (QED) is 0.147. The molecule has 5 rings (SSSR count). The van der Waals surface area contributed by atoms with Crippen LogP contribution < -0.4 is 4.90 Å². The summed E-state index contributed by atoms with van der Waals surface area (Å²) in [5.74, 6) is -0.297. The number of ether oxygens (including phenoxy) is 2. The fourth-order valence-electron chi connectivity index (χ4n) is 5.96. The third-order valence-corrected chi connectivity index (χ3v) is 7.62. The van der Waals surface area contributed by atoms with Crippen LogP contribution >= 0.6 is 0 Å². The van der Waals surface area contributed by atoms with E-state index < -0.39 is 5.60 Å². The summed E-state index contributed by atoms with van der Waals surface area (Å²) in [5, 5.41) is 1.07. The van der Waals surface area contributed by atoms with E-state index in [1.54, 1.807) is 0 Å². The van der Waals surface area contributed by atoms with E-state index in [4.69, 9.17) is 9.47 Å². The maximum absolute atomic E-state index is 13.4. The van der Waals surface area contributed by atoms with Gasteiger partial charge in [-0.2, -0.15) is 0 Å². The molecular weight excluding hydrogens is 460 g/mol. The number of fused-ring (bicyclic) bond motifs is 2. The SMILES string of the molecule is C=COCCn1c(C)c(C2(c3ccc(N(CC)CC)cc3C)OC(=O)c3ccccc32)c2ccccc21. The molecule has 0 radical (unpaired) electrons. The Balaban J connectivity index is 1.83. The average Bonchev–Trinajstić information content (AvgIpc) is 3.36. The topological polar surface area (TPSA) is 43.7 Å². The summed E-state index contributed by atoms with van der Waals surface area (Å²) in [6.45, 7) is 15.2. The van der Waals surface area contributed by atoms with Crippen molar-refractivity contribution >= 4 is 22.6 Å². The first-order valence-corrected chi connectivity index (χ1v) is 13.0. The minimum Gasteiger partial charge on any atom is -0.500 e. The van der Waals surface area contributed by atoms with Crippen LogP contribution in [0.4, 0.5) is 5.69 Å². The van der Waals surface area contributed by atoms with Gasteiger partial charge in [0.05, 0.1) is 18.4 Å². The highest BCUT2D eigenvalue weighted by Gasteiger charge is 2.51. The van der Waals surface area contributed by atoms with Crippen molar-refractivity contribution in [1.82, 2.24) is 4.57 Å². The summed E-state index contributed by atoms with van der Waals surface area (Å²) in [6.07, 6.45) is 1.47. The molecule has 1 aliphatic rings. The highest BCUT2D eigenvalue weighted by Crippen LogP contribution is 2.51. The van der Waals surface area contributed by atoms with Crippen LogP contribution in [-0.4, -0.2) is 30.2 Å². The molecule has 1 atom stereocenters. The minimum absolute atomic E-state index is 0.297. The molecule has 1 aliphatic heterocycles. The standard InChI is InChI=1S/C32H34N2O3/c1-6-33(7-2)24-17-18-27(22(4)21-24)32(28-15-11-9-13-25(28)31(35)37-32)30-23(5)34(19-20-36-8-3)29-16-12-10-14-26(29)30/h8-18,21H,3,6-7,19-20H2,1-2,4-5H3. The summed E-state index contributed by atoms with van der Waals surface area (Å²) < 4.78 is 14.3. The number of hydrogen-bond acceptors (Lipinski definition) is 4. The number of carbonyl (C=O) groups excluding carboxylic acids is 1. The fourth-order valence-corrected chi connectivity index (χ4v) is 5.96. The van der Waals surface area contributed by atoms with Crippen LogP contribution in [0.5, 0.6) is 0 Å². The number of benzene rings is 3. The Hall–Kier alpha value is -3.99. The Morgan fingerprint density at radius 3 is 2.46 bits per heavy atom. The lowest BCUT2D eigenvalue weighted by Gasteiger charge is -2.33. The van der Waals surface area contributed by atoms with E-state index in [-0.39, 0.29) is 5.97 Å². The highest BCUT2D eigenvalue weighted by molar-refractivity contribution is 5.99. The van der Waals surface area contributed by atoms with Gasteiger partial charge in [-0.3, -0.25) is 0 Å². The Morgan fingerprint density at radius 2 is 1.73 bits per heavy atom. The molecule has 0 fully saturated rings. The average molecular weight is 495 g/mol. The molecule has 0 amide bonds. The number of hydrogen-bond donors (Lipinski definition) is 0. The summed E-state index contributed by atoms with van der Waals surface area (Å²) >= 11 is 0. The van der Waals surface area contributed by atoms with Crippen LogP contribution in [0.2, 0.25) is 0 Å². The van der Waals surface area contributed by atoms with Crippen molar-refractivity contribution < 1.29 is 14.3 Å². The smallest absolute Gasteiger partial charge is 0.340 e. The van der Waals surface area contributed by atoms with E-state index in [1.807, 2.05) is 36.4 Å². The molecule has 2 heterocycles. The maximum Gasteiger partial charge on any atom is 0.340 e. The van der Waals surface area contributed by atoms with E-state index in [1.165, 1.54) is 11.9 Å². The van der Waals surface area contributed by atoms with E-state index in [2.05, 4.69) is 74.1 Å². The zero-order valence-electron chi connectivity index (χ0n) is 22.1. The van der Waals surface area contributed by atoms with Crippen molar-refractivity contribution in [2.24, 2.45) is 0 Å². The summed E-state index contributed by atoms with van der Waals surface area (Å²) in [6, 6.07) is 22.6. The van der Waals surface area contributed by atoms with Crippen molar-refractivity contribution in [2.45, 2.75) is 39.8 Å². The van der Waals surface area contributed by atoms with Gasteiger partial charge in [0.25, 0.3) is 0 Å². The monoisotopic (exact) mass is 494 g/mol. The molecule has 37 heavy (non-hydrogen) atoms. The van der Waals surface area contributed by atoms with Gasteiger partial charge in [-0.25, -0.2) is 4.79 Å². The van der Waals surface area contributed by atoms with Crippen molar-refractivity contribution in [3.8, 4) is 0 Å². The minimum atomic E-state index is -1.06. The molecule has 1 aromatic heterocycles. The third-order valence-electron chi connectivity index (χ3n) is 7.62. The number of rotatable bonds is 9. The molecule has 5 nitrogen and oxygen atoms in total. The zero-order valence-corrected chi connectivity index (χ0v) is 22.1. The molecule has 0 saturated carbocycles. The molecule has 0 bridgehead atoms. The van der Waals surface area contributed by atoms with Gasteiger partial charge in [0, 0.05) is 52.1 Å². The van der Waals surface area contributed by atoms with Gasteiger partial charge in [0.1, 0.15) is 6.61 Å². The van der Waals surface area contributed by atoms with Gasteiger partial charge < -0.3 is 18.9 Å². The van der Waals surface area contributed by atoms with E-state index in [0.29, 0.717) is 18.7 Å². The van der Waals surface area contributed by atoms with Crippen LogP contribution in [0.1, 0.15) is 52.2 Å². The van der Waals surface area contributed by atoms with Gasteiger partial charge in [0.2, 0.25) is 0 Å². The summed E-state index contributed by atoms with van der Waals surface area (Å²) in [7, 11) is 0. The van der Waals surface area contributed by atoms with Gasteiger partial charge in [-0.15, -0.1) is 0 Å². The molecule has 0 spiro atoms. The molecule has 0 saturated heterocycles. The van der Waals surface area contributed by atoms with Crippen LogP contribution in [0, 0.1) is 13.8 Å². The first-order chi connectivity index (χ1) is 18.0. The fraction of sp³-hybridized carbons (Fsp3) is 0.281. The van der Waals surface area contributed by atoms with Crippen molar-refractivity contribution in [2.75, 3.05) is 24.6 Å². The molecule has 190 valence electrons. The number of carbonyl (C=O) groups is 1. The number of esters is 1. The number of cyclic esters (lactones) is 1. The zero-order chi connectivity index (χ0) is 26.2. The molecule has 5 heteroatoms. The molecular formula is C32H34N2O3. The number of aryl methyl sites for hydroxylation is 1. The molecule has 0 aliphatic carbocycles. The third kappa shape index (κ3) is 3.81. The van der Waals surface area contributed by atoms with Gasteiger partial charge in [-0.1, -0.05) is 49.0 Å². The number of anilines is 1. The maximum atomic E-state index is 13.4.